The van der Waals surface area contributed by atoms with Crippen molar-refractivity contribution in [3.05, 3.63) is 42.4 Å². The molecule has 1 N–H and O–H groups in total. The summed E-state index contributed by atoms with van der Waals surface area (Å²) < 4.78 is 6.35. The van der Waals surface area contributed by atoms with Crippen molar-refractivity contribution >= 4 is 34.1 Å². The van der Waals surface area contributed by atoms with Crippen LogP contribution < -0.4 is 15.0 Å². The maximum atomic E-state index is 12.7. The molecule has 8 heteroatoms. The summed E-state index contributed by atoms with van der Waals surface area (Å²) in [7, 11) is 3.93. The summed E-state index contributed by atoms with van der Waals surface area (Å²) in [6.45, 7) is 3.65. The van der Waals surface area contributed by atoms with Gasteiger partial charge in [0, 0.05) is 57.0 Å². The minimum Gasteiger partial charge on any atom is -0.490 e. The van der Waals surface area contributed by atoms with Crippen LogP contribution >= 0.6 is 0 Å². The van der Waals surface area contributed by atoms with E-state index in [9.17, 15) is 4.79 Å². The number of anilines is 3. The summed E-state index contributed by atoms with van der Waals surface area (Å²) in [6, 6.07) is 8.11. The lowest BCUT2D eigenvalue weighted by Gasteiger charge is -2.34. The van der Waals surface area contributed by atoms with Crippen molar-refractivity contribution in [1.29, 1.82) is 0 Å². The maximum Gasteiger partial charge on any atom is 0.225 e. The lowest BCUT2D eigenvalue weighted by Crippen LogP contribution is -2.44. The molecule has 184 valence electrons. The van der Waals surface area contributed by atoms with Gasteiger partial charge >= 0.3 is 0 Å². The van der Waals surface area contributed by atoms with Gasteiger partial charge in [-0.15, -0.1) is 0 Å². The fourth-order valence-electron chi connectivity index (χ4n) is 5.09. The Kier molecular flexibility index (Phi) is 6.70. The van der Waals surface area contributed by atoms with Crippen molar-refractivity contribution < 1.29 is 9.53 Å². The minimum absolute atomic E-state index is 0.142. The van der Waals surface area contributed by atoms with Crippen LogP contribution in [0.2, 0.25) is 0 Å². The molecule has 35 heavy (non-hydrogen) atoms. The van der Waals surface area contributed by atoms with Crippen LogP contribution in [0.4, 0.5) is 17.3 Å². The Balaban J connectivity index is 1.23. The molecule has 1 saturated heterocycles. The highest BCUT2D eigenvalue weighted by atomic mass is 16.5. The van der Waals surface area contributed by atoms with Crippen molar-refractivity contribution in [3.8, 4) is 5.75 Å². The Morgan fingerprint density at radius 3 is 2.54 bits per heavy atom. The molecule has 5 rings (SSSR count). The third kappa shape index (κ3) is 5.16. The maximum absolute atomic E-state index is 12.7. The number of aryl methyl sites for hydroxylation is 1. The van der Waals surface area contributed by atoms with Crippen molar-refractivity contribution in [3.63, 3.8) is 0 Å². The van der Waals surface area contributed by atoms with Crippen LogP contribution in [0.5, 0.6) is 5.75 Å². The van der Waals surface area contributed by atoms with Gasteiger partial charge in [0.05, 0.1) is 11.7 Å². The topological polar surface area (TPSA) is 83.5 Å². The van der Waals surface area contributed by atoms with E-state index in [0.29, 0.717) is 5.91 Å². The summed E-state index contributed by atoms with van der Waals surface area (Å²) in [5.41, 5.74) is 2.80. The van der Waals surface area contributed by atoms with Crippen LogP contribution in [-0.2, 0) is 4.79 Å². The quantitative estimate of drug-likeness (QED) is 0.554. The molecule has 1 aliphatic carbocycles. The first kappa shape index (κ1) is 23.3. The number of nitrogens with one attached hydrogen (secondary N) is 1. The molecule has 8 nitrogen and oxygen atoms in total. The Bertz CT molecular complexity index is 1200. The predicted molar refractivity (Wildman–Crippen MR) is 138 cm³/mol. The summed E-state index contributed by atoms with van der Waals surface area (Å²) in [6.07, 6.45) is 9.75. The Hall–Kier alpha value is -3.42. The molecule has 1 aromatic carbocycles. The molecular weight excluding hydrogens is 440 g/mol. The van der Waals surface area contributed by atoms with Gasteiger partial charge in [0.25, 0.3) is 0 Å². The highest BCUT2D eigenvalue weighted by Crippen LogP contribution is 2.31. The molecule has 0 spiro atoms. The van der Waals surface area contributed by atoms with Crippen molar-refractivity contribution in [2.24, 2.45) is 5.92 Å². The summed E-state index contributed by atoms with van der Waals surface area (Å²) in [4.78, 5) is 30.0. The molecule has 0 atom stereocenters. The number of carbonyl (C=O) groups is 1. The Morgan fingerprint density at radius 2 is 1.83 bits per heavy atom. The molecule has 2 aliphatic rings. The number of hydrogen-bond acceptors (Lipinski definition) is 7. The van der Waals surface area contributed by atoms with Gasteiger partial charge in [-0.05, 0) is 49.6 Å². The van der Waals surface area contributed by atoms with Gasteiger partial charge in [-0.2, -0.15) is 0 Å². The van der Waals surface area contributed by atoms with Crippen molar-refractivity contribution in [2.45, 2.75) is 51.6 Å². The van der Waals surface area contributed by atoms with Gasteiger partial charge in [0.1, 0.15) is 29.8 Å². The number of benzene rings is 1. The second kappa shape index (κ2) is 10.1. The smallest absolute Gasteiger partial charge is 0.225 e. The van der Waals surface area contributed by atoms with E-state index < -0.39 is 0 Å². The van der Waals surface area contributed by atoms with Crippen LogP contribution in [0.15, 0.2) is 36.8 Å². The molecule has 0 unspecified atom stereocenters. The van der Waals surface area contributed by atoms with Crippen molar-refractivity contribution in [2.75, 3.05) is 37.4 Å². The van der Waals surface area contributed by atoms with Gasteiger partial charge in [-0.3, -0.25) is 4.79 Å². The summed E-state index contributed by atoms with van der Waals surface area (Å²) in [5.74, 6) is 3.10. The molecule has 3 heterocycles. The van der Waals surface area contributed by atoms with Crippen molar-refractivity contribution in [1.82, 2.24) is 19.9 Å². The van der Waals surface area contributed by atoms with Crippen LogP contribution in [0.1, 0.15) is 44.1 Å². The normalized spacial score (nSPS) is 17.1. The molecule has 1 saturated carbocycles. The number of carbonyl (C=O) groups excluding carboxylic acids is 1. The number of fused-ring (bicyclic) bond motifs is 1. The number of aromatic nitrogens is 3. The number of nitrogens with zero attached hydrogens (tertiary/aromatic N) is 5. The summed E-state index contributed by atoms with van der Waals surface area (Å²) in [5, 5.41) is 4.35. The fourth-order valence-corrected chi connectivity index (χ4v) is 5.09. The molecule has 2 fully saturated rings. The third-order valence-corrected chi connectivity index (χ3v) is 7.15. The van der Waals surface area contributed by atoms with E-state index in [0.717, 1.165) is 78.3 Å². The second-order valence-electron chi connectivity index (χ2n) is 9.91. The number of likely N-dealkylation sites (tertiary alicyclic amines) is 1. The molecule has 2 aromatic heterocycles. The monoisotopic (exact) mass is 474 g/mol. The number of amides is 1. The Morgan fingerprint density at radius 1 is 1.06 bits per heavy atom. The molecule has 1 amide bonds. The number of rotatable bonds is 6. The fraction of sp³-hybridized carbons (Fsp3) is 0.481. The number of hydrogen-bond donors (Lipinski definition) is 1. The van der Waals surface area contributed by atoms with Gasteiger partial charge in [0.2, 0.25) is 5.91 Å². The van der Waals surface area contributed by atoms with Gasteiger partial charge in [-0.1, -0.05) is 12.8 Å². The Labute approximate surface area is 206 Å². The average molecular weight is 475 g/mol. The largest absolute Gasteiger partial charge is 0.490 e. The van der Waals surface area contributed by atoms with Gasteiger partial charge in [0.15, 0.2) is 0 Å². The van der Waals surface area contributed by atoms with E-state index in [4.69, 9.17) is 4.74 Å². The minimum atomic E-state index is 0.142. The van der Waals surface area contributed by atoms with E-state index >= 15 is 0 Å². The highest BCUT2D eigenvalue weighted by Gasteiger charge is 2.30. The number of ether oxygens (including phenoxy) is 1. The standard InChI is InChI=1S/C27H34N6O2/c1-18-14-20(31-26-22-15-25(32(2)3)28-16-23(22)29-17-30-26)8-9-24(18)35-21-10-12-33(13-11-21)27(34)19-6-4-5-7-19/h8-9,14-17,19,21H,4-7,10-13H2,1-3H3,(H,29,30,31). The van der Waals surface area contributed by atoms with E-state index in [-0.39, 0.29) is 12.0 Å². The predicted octanol–water partition coefficient (Wildman–Crippen LogP) is 4.70. The molecule has 3 aromatic rings. The zero-order valence-corrected chi connectivity index (χ0v) is 20.8. The lowest BCUT2D eigenvalue weighted by atomic mass is 10.0. The number of piperidine rings is 1. The highest BCUT2D eigenvalue weighted by molar-refractivity contribution is 5.91. The molecular formula is C27H34N6O2. The van der Waals surface area contributed by atoms with Crippen LogP contribution in [-0.4, -0.2) is 59.0 Å². The molecule has 0 bridgehead atoms. The SMILES string of the molecule is Cc1cc(Nc2ncnc3cnc(N(C)C)cc23)ccc1OC1CCN(C(=O)C2CCCC2)CC1. The molecule has 1 aliphatic heterocycles. The van der Waals surface area contributed by atoms with Gasteiger partial charge in [-0.25, -0.2) is 15.0 Å². The van der Waals surface area contributed by atoms with Gasteiger partial charge < -0.3 is 19.9 Å². The van der Waals surface area contributed by atoms with Crippen LogP contribution in [0.3, 0.4) is 0 Å². The third-order valence-electron chi connectivity index (χ3n) is 7.15. The first-order chi connectivity index (χ1) is 17.0. The zero-order chi connectivity index (χ0) is 24.4. The molecule has 0 radical (unpaired) electrons. The van der Waals surface area contributed by atoms with E-state index in [1.54, 1.807) is 12.5 Å². The zero-order valence-electron chi connectivity index (χ0n) is 20.8. The van der Waals surface area contributed by atoms with Crippen LogP contribution in [0, 0.1) is 12.8 Å². The first-order valence-electron chi connectivity index (χ1n) is 12.6. The average Bonchev–Trinajstić information content (AvgIpc) is 3.41. The first-order valence-corrected chi connectivity index (χ1v) is 12.6. The van der Waals surface area contributed by atoms with E-state index in [1.165, 1.54) is 12.8 Å². The second-order valence-corrected chi connectivity index (χ2v) is 9.91. The lowest BCUT2D eigenvalue weighted by molar-refractivity contribution is -0.137. The van der Waals surface area contributed by atoms with Crippen LogP contribution in [0.25, 0.3) is 10.9 Å². The number of pyridine rings is 1. The van der Waals surface area contributed by atoms with E-state index in [1.807, 2.05) is 37.2 Å². The summed E-state index contributed by atoms with van der Waals surface area (Å²) >= 11 is 0. The van der Waals surface area contributed by atoms with E-state index in [2.05, 4.69) is 38.2 Å².